The molecule has 0 bridgehead atoms. The lowest BCUT2D eigenvalue weighted by atomic mass is 10.0. The molecular formula is C40H70N6O12. The van der Waals surface area contributed by atoms with Crippen molar-refractivity contribution in [3.05, 3.63) is 29.8 Å². The summed E-state index contributed by atoms with van der Waals surface area (Å²) in [6, 6.07) is 5.76. The van der Waals surface area contributed by atoms with E-state index in [1.807, 2.05) is 27.7 Å². The molecule has 0 aliphatic carbocycles. The van der Waals surface area contributed by atoms with Gasteiger partial charge in [0.1, 0.15) is 29.5 Å². The minimum atomic E-state index is -1.23. The van der Waals surface area contributed by atoms with E-state index in [0.29, 0.717) is 24.2 Å². The molecule has 1 aromatic carbocycles. The standard InChI is InChI=1S/C31H51N5O10.C9H19NO2/c1-20(2)26(27(40)32-17-24(38)33-23-11-9-22(18-37)10-12-23)34-25(39)19-43-15-16-44-21(3)13-14-45-31(7,8)28(41)35-36-29(42)46-30(4,5)6;1-5-6-7-10-8(11)12-9(2,3)4/h9-12,20-21,26,37H,13-19H2,1-8H3,(H,32,40)(H,33,38)(H,34,39)(H,35,41)(H,36,42);5-7H2,1-4H3,(H,10,11). The van der Waals surface area contributed by atoms with Crippen LogP contribution in [0.5, 0.6) is 0 Å². The van der Waals surface area contributed by atoms with Crippen molar-refractivity contribution in [3.63, 3.8) is 0 Å². The molecule has 7 N–H and O–H groups in total. The lowest BCUT2D eigenvalue weighted by Crippen LogP contribution is -2.52. The second kappa shape index (κ2) is 27.2. The van der Waals surface area contributed by atoms with Crippen molar-refractivity contribution in [2.45, 2.75) is 138 Å². The van der Waals surface area contributed by atoms with Crippen LogP contribution in [-0.2, 0) is 49.5 Å². The van der Waals surface area contributed by atoms with Gasteiger partial charge in [0.2, 0.25) is 17.7 Å². The van der Waals surface area contributed by atoms with Gasteiger partial charge in [-0.15, -0.1) is 0 Å². The summed E-state index contributed by atoms with van der Waals surface area (Å²) in [5, 5.41) is 19.6. The third-order valence-corrected chi connectivity index (χ3v) is 7.38. The first kappa shape index (κ1) is 53.5. The molecule has 0 spiro atoms. The molecule has 0 saturated heterocycles. The van der Waals surface area contributed by atoms with Crippen LogP contribution >= 0.6 is 0 Å². The quantitative estimate of drug-likeness (QED) is 0.0691. The van der Waals surface area contributed by atoms with E-state index < -0.39 is 52.6 Å². The Morgan fingerprint density at radius 2 is 1.36 bits per heavy atom. The molecule has 2 unspecified atom stereocenters. The maximum Gasteiger partial charge on any atom is 0.426 e. The second-order valence-electron chi connectivity index (χ2n) is 16.2. The minimum absolute atomic E-state index is 0.107. The highest BCUT2D eigenvalue weighted by Gasteiger charge is 2.30. The van der Waals surface area contributed by atoms with Gasteiger partial charge < -0.3 is 50.1 Å². The van der Waals surface area contributed by atoms with Crippen molar-refractivity contribution in [1.29, 1.82) is 0 Å². The molecule has 0 heterocycles. The summed E-state index contributed by atoms with van der Waals surface area (Å²) in [5.74, 6) is -2.24. The number of rotatable bonds is 21. The van der Waals surface area contributed by atoms with Gasteiger partial charge in [-0.1, -0.05) is 39.3 Å². The lowest BCUT2D eigenvalue weighted by molar-refractivity contribution is -0.145. The van der Waals surface area contributed by atoms with Crippen molar-refractivity contribution >= 4 is 41.5 Å². The van der Waals surface area contributed by atoms with E-state index in [0.717, 1.165) is 12.8 Å². The number of ether oxygens (including phenoxy) is 5. The summed E-state index contributed by atoms with van der Waals surface area (Å²) < 4.78 is 26.8. The number of aliphatic hydroxyl groups is 1. The predicted molar refractivity (Wildman–Crippen MR) is 218 cm³/mol. The van der Waals surface area contributed by atoms with Crippen LogP contribution in [0.4, 0.5) is 15.3 Å². The van der Waals surface area contributed by atoms with Crippen molar-refractivity contribution in [2.75, 3.05) is 44.8 Å². The zero-order valence-corrected chi connectivity index (χ0v) is 36.6. The summed E-state index contributed by atoms with van der Waals surface area (Å²) in [4.78, 5) is 72.3. The Kier molecular flexibility index (Phi) is 25.1. The number of aliphatic hydroxyl groups excluding tert-OH is 1. The van der Waals surface area contributed by atoms with E-state index in [1.54, 1.807) is 72.7 Å². The first-order chi connectivity index (χ1) is 26.9. The molecule has 58 heavy (non-hydrogen) atoms. The van der Waals surface area contributed by atoms with Crippen molar-refractivity contribution in [2.24, 2.45) is 5.92 Å². The van der Waals surface area contributed by atoms with E-state index in [-0.39, 0.29) is 57.7 Å². The first-order valence-electron chi connectivity index (χ1n) is 19.5. The Hall–Kier alpha value is -4.52. The molecule has 1 rings (SSSR count). The predicted octanol–water partition coefficient (Wildman–Crippen LogP) is 3.85. The van der Waals surface area contributed by atoms with Gasteiger partial charge in [-0.2, -0.15) is 0 Å². The highest BCUT2D eigenvalue weighted by molar-refractivity contribution is 5.96. The number of hydrogen-bond acceptors (Lipinski definition) is 12. The smallest absolute Gasteiger partial charge is 0.426 e. The van der Waals surface area contributed by atoms with Crippen molar-refractivity contribution < 1.29 is 57.6 Å². The third kappa shape index (κ3) is 27.2. The first-order valence-corrected chi connectivity index (χ1v) is 19.5. The summed E-state index contributed by atoms with van der Waals surface area (Å²) in [6.45, 7) is 21.8. The molecule has 332 valence electrons. The number of hydrogen-bond donors (Lipinski definition) is 7. The summed E-state index contributed by atoms with van der Waals surface area (Å²) in [5.41, 5.74) is 3.36. The Morgan fingerprint density at radius 1 is 0.759 bits per heavy atom. The normalized spacial score (nSPS) is 12.5. The van der Waals surface area contributed by atoms with Gasteiger partial charge in [-0.05, 0) is 98.8 Å². The minimum Gasteiger partial charge on any atom is -0.444 e. The number of carbonyl (C=O) groups excluding carboxylic acids is 6. The largest absolute Gasteiger partial charge is 0.444 e. The number of unbranched alkanes of at least 4 members (excludes halogenated alkanes) is 1. The monoisotopic (exact) mass is 827 g/mol. The lowest BCUT2D eigenvalue weighted by Gasteiger charge is -2.26. The highest BCUT2D eigenvalue weighted by atomic mass is 16.6. The maximum absolute atomic E-state index is 12.7. The molecule has 0 aliphatic heterocycles. The maximum atomic E-state index is 12.7. The molecular weight excluding hydrogens is 756 g/mol. The van der Waals surface area contributed by atoms with Gasteiger partial charge in [0.25, 0.3) is 5.91 Å². The topological polar surface area (TPSA) is 241 Å². The van der Waals surface area contributed by atoms with E-state index in [4.69, 9.17) is 28.8 Å². The number of carbonyl (C=O) groups is 6. The highest BCUT2D eigenvalue weighted by Crippen LogP contribution is 2.12. The van der Waals surface area contributed by atoms with E-state index in [1.165, 1.54) is 0 Å². The third-order valence-electron chi connectivity index (χ3n) is 7.38. The Balaban J connectivity index is 0.00000232. The summed E-state index contributed by atoms with van der Waals surface area (Å²) in [6.07, 6.45) is 1.20. The number of benzene rings is 1. The van der Waals surface area contributed by atoms with Gasteiger partial charge in [-0.3, -0.25) is 24.6 Å². The fourth-order valence-corrected chi connectivity index (χ4v) is 4.27. The molecule has 0 saturated carbocycles. The van der Waals surface area contributed by atoms with Crippen molar-refractivity contribution in [1.82, 2.24) is 26.8 Å². The second-order valence-corrected chi connectivity index (χ2v) is 16.2. The van der Waals surface area contributed by atoms with E-state index >= 15 is 0 Å². The van der Waals surface area contributed by atoms with Crippen LogP contribution in [-0.4, -0.2) is 109 Å². The van der Waals surface area contributed by atoms with Crippen LogP contribution in [0.2, 0.25) is 0 Å². The van der Waals surface area contributed by atoms with E-state index in [2.05, 4.69) is 39.0 Å². The van der Waals surface area contributed by atoms with Gasteiger partial charge >= 0.3 is 12.2 Å². The van der Waals surface area contributed by atoms with Gasteiger partial charge in [-0.25, -0.2) is 15.0 Å². The summed E-state index contributed by atoms with van der Waals surface area (Å²) >= 11 is 0. The van der Waals surface area contributed by atoms with Gasteiger partial charge in [0.15, 0.2) is 0 Å². The number of anilines is 1. The van der Waals surface area contributed by atoms with Crippen molar-refractivity contribution in [3.8, 4) is 0 Å². The Labute approximate surface area is 343 Å². The van der Waals surface area contributed by atoms with Crippen LogP contribution in [0.3, 0.4) is 0 Å². The molecule has 18 nitrogen and oxygen atoms in total. The zero-order valence-electron chi connectivity index (χ0n) is 36.6. The van der Waals surface area contributed by atoms with Crippen LogP contribution < -0.4 is 32.1 Å². The Bertz CT molecular complexity index is 1410. The summed E-state index contributed by atoms with van der Waals surface area (Å²) in [7, 11) is 0. The number of alkyl carbamates (subject to hydrolysis) is 1. The van der Waals surface area contributed by atoms with Crippen LogP contribution in [0.1, 0.15) is 108 Å². The van der Waals surface area contributed by atoms with Gasteiger partial charge in [0, 0.05) is 12.2 Å². The number of hydrazine groups is 1. The zero-order chi connectivity index (χ0) is 44.5. The number of amides is 6. The average Bonchev–Trinajstić information content (AvgIpc) is 3.10. The molecule has 0 aliphatic rings. The molecule has 18 heteroatoms. The fourth-order valence-electron chi connectivity index (χ4n) is 4.27. The fraction of sp³-hybridized carbons (Fsp3) is 0.700. The molecule has 0 radical (unpaired) electrons. The van der Waals surface area contributed by atoms with Gasteiger partial charge in [0.05, 0.1) is 39.1 Å². The average molecular weight is 827 g/mol. The SMILES string of the molecule is CC(CCOC(C)(C)C(=O)NNC(=O)OC(C)(C)C)OCCOCC(=O)NC(C(=O)NCC(=O)Nc1ccc(CO)cc1)C(C)C.CCCCNC(=O)OC(C)(C)C. The Morgan fingerprint density at radius 3 is 1.91 bits per heavy atom. The molecule has 2 atom stereocenters. The van der Waals surface area contributed by atoms with Crippen LogP contribution in [0.15, 0.2) is 24.3 Å². The van der Waals surface area contributed by atoms with Crippen LogP contribution in [0, 0.1) is 5.92 Å². The molecule has 6 amide bonds. The molecule has 0 fully saturated rings. The van der Waals surface area contributed by atoms with E-state index in [9.17, 15) is 28.8 Å². The number of nitrogens with one attached hydrogen (secondary N) is 6. The van der Waals surface area contributed by atoms with Crippen LogP contribution in [0.25, 0.3) is 0 Å². The molecule has 1 aromatic rings. The molecule has 0 aromatic heterocycles.